The van der Waals surface area contributed by atoms with E-state index in [1.807, 2.05) is 0 Å². The lowest BCUT2D eigenvalue weighted by atomic mass is 9.74. The van der Waals surface area contributed by atoms with Gasteiger partial charge in [-0.1, -0.05) is 27.7 Å². The average molecular weight is 213 g/mol. The SMILES string of the molecule is CCNC(C1CCCOC1)C(C)(C)CC. The zero-order valence-electron chi connectivity index (χ0n) is 10.8. The van der Waals surface area contributed by atoms with E-state index < -0.39 is 0 Å². The maximum atomic E-state index is 5.61. The van der Waals surface area contributed by atoms with Crippen LogP contribution in [0.4, 0.5) is 0 Å². The minimum absolute atomic E-state index is 0.376. The van der Waals surface area contributed by atoms with Crippen LogP contribution in [0.3, 0.4) is 0 Å². The first-order valence-corrected chi connectivity index (χ1v) is 6.43. The fourth-order valence-corrected chi connectivity index (χ4v) is 2.55. The molecule has 1 aliphatic heterocycles. The predicted octanol–water partition coefficient (Wildman–Crippen LogP) is 2.83. The van der Waals surface area contributed by atoms with Crippen molar-refractivity contribution in [1.82, 2.24) is 5.32 Å². The summed E-state index contributed by atoms with van der Waals surface area (Å²) in [6, 6.07) is 0.604. The van der Waals surface area contributed by atoms with E-state index >= 15 is 0 Å². The van der Waals surface area contributed by atoms with Crippen LogP contribution < -0.4 is 5.32 Å². The van der Waals surface area contributed by atoms with Crippen molar-refractivity contribution in [3.05, 3.63) is 0 Å². The van der Waals surface area contributed by atoms with Crippen LogP contribution in [0.15, 0.2) is 0 Å². The highest BCUT2D eigenvalue weighted by Crippen LogP contribution is 2.33. The summed E-state index contributed by atoms with van der Waals surface area (Å²) in [5.41, 5.74) is 0.376. The molecular formula is C13H27NO. The molecule has 0 aliphatic carbocycles. The Morgan fingerprint density at radius 2 is 2.13 bits per heavy atom. The summed E-state index contributed by atoms with van der Waals surface area (Å²) in [6.45, 7) is 12.2. The molecule has 1 saturated heterocycles. The zero-order chi connectivity index (χ0) is 11.3. The van der Waals surface area contributed by atoms with E-state index in [2.05, 4.69) is 33.0 Å². The van der Waals surface area contributed by atoms with Crippen LogP contribution in [-0.2, 0) is 4.74 Å². The van der Waals surface area contributed by atoms with E-state index in [9.17, 15) is 0 Å². The third-order valence-corrected chi connectivity index (χ3v) is 3.84. The summed E-state index contributed by atoms with van der Waals surface area (Å²) in [7, 11) is 0. The van der Waals surface area contributed by atoms with Crippen molar-refractivity contribution in [3.63, 3.8) is 0 Å². The van der Waals surface area contributed by atoms with E-state index in [-0.39, 0.29) is 0 Å². The molecule has 0 radical (unpaired) electrons. The number of nitrogens with one attached hydrogen (secondary N) is 1. The van der Waals surface area contributed by atoms with Gasteiger partial charge in [-0.3, -0.25) is 0 Å². The average Bonchev–Trinajstić information content (AvgIpc) is 2.27. The lowest BCUT2D eigenvalue weighted by Crippen LogP contribution is -2.49. The zero-order valence-corrected chi connectivity index (χ0v) is 10.8. The first-order chi connectivity index (χ1) is 7.11. The highest BCUT2D eigenvalue weighted by Gasteiger charge is 2.34. The van der Waals surface area contributed by atoms with Crippen molar-refractivity contribution in [2.75, 3.05) is 19.8 Å². The van der Waals surface area contributed by atoms with Crippen LogP contribution in [-0.4, -0.2) is 25.8 Å². The summed E-state index contributed by atoms with van der Waals surface area (Å²) < 4.78 is 5.61. The van der Waals surface area contributed by atoms with Gasteiger partial charge >= 0.3 is 0 Å². The lowest BCUT2D eigenvalue weighted by molar-refractivity contribution is 0.0144. The molecule has 1 aliphatic rings. The molecule has 90 valence electrons. The van der Waals surface area contributed by atoms with Crippen molar-refractivity contribution < 1.29 is 4.74 Å². The second kappa shape index (κ2) is 5.86. The smallest absolute Gasteiger partial charge is 0.0509 e. The molecule has 0 aromatic heterocycles. The molecule has 1 heterocycles. The van der Waals surface area contributed by atoms with Crippen LogP contribution in [0.5, 0.6) is 0 Å². The lowest BCUT2D eigenvalue weighted by Gasteiger charge is -2.41. The molecule has 2 heteroatoms. The second-order valence-corrected chi connectivity index (χ2v) is 5.35. The molecule has 15 heavy (non-hydrogen) atoms. The molecule has 0 aromatic carbocycles. The molecule has 0 bridgehead atoms. The van der Waals surface area contributed by atoms with Gasteiger partial charge in [-0.2, -0.15) is 0 Å². The van der Waals surface area contributed by atoms with E-state index in [0.717, 1.165) is 19.8 Å². The minimum atomic E-state index is 0.376. The fourth-order valence-electron chi connectivity index (χ4n) is 2.55. The molecule has 0 saturated carbocycles. The van der Waals surface area contributed by atoms with Gasteiger partial charge in [-0.25, -0.2) is 0 Å². The maximum absolute atomic E-state index is 5.61. The topological polar surface area (TPSA) is 21.3 Å². The second-order valence-electron chi connectivity index (χ2n) is 5.35. The third kappa shape index (κ3) is 3.46. The summed E-state index contributed by atoms with van der Waals surface area (Å²) in [5.74, 6) is 0.702. The van der Waals surface area contributed by atoms with Gasteiger partial charge in [0, 0.05) is 12.6 Å². The molecule has 2 atom stereocenters. The molecule has 1 N–H and O–H groups in total. The normalized spacial score (nSPS) is 25.2. The van der Waals surface area contributed by atoms with Gasteiger partial charge in [-0.05, 0) is 37.1 Å². The number of rotatable bonds is 5. The summed E-state index contributed by atoms with van der Waals surface area (Å²) in [5, 5.41) is 3.66. The standard InChI is InChI=1S/C13H27NO/c1-5-13(3,4)12(14-6-2)11-8-7-9-15-10-11/h11-12,14H,5-10H2,1-4H3. The Kier molecular flexibility index (Phi) is 5.07. The van der Waals surface area contributed by atoms with Gasteiger partial charge in [0.05, 0.1) is 6.61 Å². The van der Waals surface area contributed by atoms with E-state index in [4.69, 9.17) is 4.74 Å². The Balaban J connectivity index is 2.62. The van der Waals surface area contributed by atoms with Gasteiger partial charge in [0.25, 0.3) is 0 Å². The van der Waals surface area contributed by atoms with Crippen LogP contribution in [0, 0.1) is 11.3 Å². The van der Waals surface area contributed by atoms with Crippen LogP contribution in [0.25, 0.3) is 0 Å². The van der Waals surface area contributed by atoms with Crippen molar-refractivity contribution in [1.29, 1.82) is 0 Å². The Hall–Kier alpha value is -0.0800. The number of ether oxygens (including phenoxy) is 1. The molecule has 0 aromatic rings. The predicted molar refractivity (Wildman–Crippen MR) is 65.1 cm³/mol. The Labute approximate surface area is 94.8 Å². The molecule has 2 unspecified atom stereocenters. The molecule has 0 spiro atoms. The monoisotopic (exact) mass is 213 g/mol. The fraction of sp³-hybridized carbons (Fsp3) is 1.00. The van der Waals surface area contributed by atoms with Crippen LogP contribution in [0.1, 0.15) is 47.0 Å². The van der Waals surface area contributed by atoms with Crippen molar-refractivity contribution in [2.45, 2.75) is 53.0 Å². The van der Waals surface area contributed by atoms with Crippen molar-refractivity contribution in [2.24, 2.45) is 11.3 Å². The Morgan fingerprint density at radius 3 is 2.60 bits per heavy atom. The molecule has 1 rings (SSSR count). The maximum Gasteiger partial charge on any atom is 0.0509 e. The quantitative estimate of drug-likeness (QED) is 0.758. The van der Waals surface area contributed by atoms with E-state index in [1.54, 1.807) is 0 Å². The van der Waals surface area contributed by atoms with Gasteiger partial charge in [0.1, 0.15) is 0 Å². The first kappa shape index (κ1) is 13.0. The molecule has 2 nitrogen and oxygen atoms in total. The summed E-state index contributed by atoms with van der Waals surface area (Å²) in [6.07, 6.45) is 3.77. The highest BCUT2D eigenvalue weighted by atomic mass is 16.5. The molecule has 1 fully saturated rings. The Morgan fingerprint density at radius 1 is 1.40 bits per heavy atom. The molecule has 0 amide bonds. The van der Waals surface area contributed by atoms with Gasteiger partial charge in [-0.15, -0.1) is 0 Å². The molecular weight excluding hydrogens is 186 g/mol. The van der Waals surface area contributed by atoms with Gasteiger partial charge in [0.15, 0.2) is 0 Å². The van der Waals surface area contributed by atoms with E-state index in [1.165, 1.54) is 19.3 Å². The third-order valence-electron chi connectivity index (χ3n) is 3.84. The largest absolute Gasteiger partial charge is 0.381 e. The van der Waals surface area contributed by atoms with Crippen LogP contribution in [0.2, 0.25) is 0 Å². The highest BCUT2D eigenvalue weighted by molar-refractivity contribution is 4.89. The first-order valence-electron chi connectivity index (χ1n) is 6.43. The van der Waals surface area contributed by atoms with Gasteiger partial charge in [0.2, 0.25) is 0 Å². The van der Waals surface area contributed by atoms with Crippen LogP contribution >= 0.6 is 0 Å². The van der Waals surface area contributed by atoms with E-state index in [0.29, 0.717) is 17.4 Å². The van der Waals surface area contributed by atoms with Gasteiger partial charge < -0.3 is 10.1 Å². The summed E-state index contributed by atoms with van der Waals surface area (Å²) in [4.78, 5) is 0. The number of hydrogen-bond donors (Lipinski definition) is 1. The minimum Gasteiger partial charge on any atom is -0.381 e. The Bertz CT molecular complexity index is 173. The van der Waals surface area contributed by atoms with Crippen molar-refractivity contribution in [3.8, 4) is 0 Å². The van der Waals surface area contributed by atoms with Crippen molar-refractivity contribution >= 4 is 0 Å². The number of hydrogen-bond acceptors (Lipinski definition) is 2. The summed E-state index contributed by atoms with van der Waals surface area (Å²) >= 11 is 0.